The largest absolute Gasteiger partial charge is 0.311 e. The molecule has 5 nitrogen and oxygen atoms in total. The third-order valence-corrected chi connectivity index (χ3v) is 4.95. The summed E-state index contributed by atoms with van der Waals surface area (Å²) in [5.41, 5.74) is 4.68. The van der Waals surface area contributed by atoms with E-state index in [2.05, 4.69) is 70.7 Å². The SMILES string of the molecule is CCN(CC)C(CNCc1cn(C)nc1-c1ccncc1)c1ccccc1. The van der Waals surface area contributed by atoms with Gasteiger partial charge in [-0.3, -0.25) is 14.6 Å². The van der Waals surface area contributed by atoms with Gasteiger partial charge in [0, 0.05) is 55.9 Å². The van der Waals surface area contributed by atoms with Gasteiger partial charge in [-0.25, -0.2) is 0 Å². The maximum Gasteiger partial charge on any atom is 0.0969 e. The van der Waals surface area contributed by atoms with Crippen LogP contribution in [0.2, 0.25) is 0 Å². The first-order chi connectivity index (χ1) is 13.2. The summed E-state index contributed by atoms with van der Waals surface area (Å²) in [4.78, 5) is 6.60. The van der Waals surface area contributed by atoms with E-state index in [0.717, 1.165) is 37.4 Å². The first-order valence-corrected chi connectivity index (χ1v) is 9.65. The molecule has 2 heterocycles. The number of likely N-dealkylation sites (N-methyl/N-ethyl adjacent to an activating group) is 1. The van der Waals surface area contributed by atoms with Crippen molar-refractivity contribution in [3.05, 3.63) is 72.2 Å². The van der Waals surface area contributed by atoms with Crippen LogP contribution in [0.25, 0.3) is 11.3 Å². The minimum absolute atomic E-state index is 0.363. The van der Waals surface area contributed by atoms with Crippen molar-refractivity contribution in [1.82, 2.24) is 25.0 Å². The first kappa shape index (κ1) is 19.3. The molecular weight excluding hydrogens is 334 g/mol. The van der Waals surface area contributed by atoms with Crippen LogP contribution in [0.3, 0.4) is 0 Å². The average Bonchev–Trinajstić information content (AvgIpc) is 3.09. The molecule has 0 amide bonds. The lowest BCUT2D eigenvalue weighted by atomic mass is 10.0. The Kier molecular flexibility index (Phi) is 6.74. The Morgan fingerprint density at radius 1 is 1.04 bits per heavy atom. The van der Waals surface area contributed by atoms with Gasteiger partial charge in [-0.15, -0.1) is 0 Å². The van der Waals surface area contributed by atoms with Crippen molar-refractivity contribution < 1.29 is 0 Å². The van der Waals surface area contributed by atoms with Gasteiger partial charge in [-0.2, -0.15) is 5.10 Å². The fourth-order valence-corrected chi connectivity index (χ4v) is 3.56. The molecule has 27 heavy (non-hydrogen) atoms. The average molecular weight is 364 g/mol. The van der Waals surface area contributed by atoms with E-state index in [4.69, 9.17) is 0 Å². The fraction of sp³-hybridized carbons (Fsp3) is 0.364. The van der Waals surface area contributed by atoms with Crippen LogP contribution >= 0.6 is 0 Å². The Hall–Kier alpha value is -2.50. The summed E-state index contributed by atoms with van der Waals surface area (Å²) in [7, 11) is 1.97. The van der Waals surface area contributed by atoms with Crippen molar-refractivity contribution in [1.29, 1.82) is 0 Å². The zero-order chi connectivity index (χ0) is 19.1. The quantitative estimate of drug-likeness (QED) is 0.630. The van der Waals surface area contributed by atoms with Gasteiger partial charge in [0.25, 0.3) is 0 Å². The lowest BCUT2D eigenvalue weighted by Gasteiger charge is -2.30. The van der Waals surface area contributed by atoms with Crippen molar-refractivity contribution >= 4 is 0 Å². The summed E-state index contributed by atoms with van der Waals surface area (Å²) in [6.07, 6.45) is 5.72. The third kappa shape index (κ3) is 4.81. The van der Waals surface area contributed by atoms with E-state index in [1.807, 2.05) is 36.3 Å². The van der Waals surface area contributed by atoms with Gasteiger partial charge in [0.05, 0.1) is 5.69 Å². The second kappa shape index (κ2) is 9.44. The van der Waals surface area contributed by atoms with Crippen molar-refractivity contribution in [2.75, 3.05) is 19.6 Å². The Labute approximate surface area is 162 Å². The van der Waals surface area contributed by atoms with Crippen molar-refractivity contribution in [3.63, 3.8) is 0 Å². The molecule has 0 aliphatic heterocycles. The van der Waals surface area contributed by atoms with E-state index in [9.17, 15) is 0 Å². The van der Waals surface area contributed by atoms with Gasteiger partial charge < -0.3 is 5.32 Å². The molecule has 0 aliphatic rings. The lowest BCUT2D eigenvalue weighted by Crippen LogP contribution is -2.35. The number of hydrogen-bond acceptors (Lipinski definition) is 4. The van der Waals surface area contributed by atoms with Crippen molar-refractivity contribution in [2.45, 2.75) is 26.4 Å². The minimum Gasteiger partial charge on any atom is -0.311 e. The van der Waals surface area contributed by atoms with Crippen LogP contribution in [0.4, 0.5) is 0 Å². The monoisotopic (exact) mass is 363 g/mol. The number of aryl methyl sites for hydroxylation is 1. The van der Waals surface area contributed by atoms with Crippen molar-refractivity contribution in [2.24, 2.45) is 7.05 Å². The summed E-state index contributed by atoms with van der Waals surface area (Å²) in [5.74, 6) is 0. The molecule has 0 spiro atoms. The molecule has 0 fully saturated rings. The molecule has 0 bridgehead atoms. The van der Waals surface area contributed by atoms with E-state index in [1.54, 1.807) is 0 Å². The van der Waals surface area contributed by atoms with Crippen LogP contribution in [-0.4, -0.2) is 39.3 Å². The number of nitrogens with one attached hydrogen (secondary N) is 1. The molecule has 3 aromatic rings. The highest BCUT2D eigenvalue weighted by Gasteiger charge is 2.18. The second-order valence-corrected chi connectivity index (χ2v) is 6.69. The zero-order valence-electron chi connectivity index (χ0n) is 16.5. The number of aromatic nitrogens is 3. The Balaban J connectivity index is 1.72. The van der Waals surface area contributed by atoms with E-state index in [1.165, 1.54) is 11.1 Å². The molecule has 1 N–H and O–H groups in total. The normalized spacial score (nSPS) is 12.4. The Bertz CT molecular complexity index is 809. The summed E-state index contributed by atoms with van der Waals surface area (Å²) < 4.78 is 1.88. The van der Waals surface area contributed by atoms with Crippen molar-refractivity contribution in [3.8, 4) is 11.3 Å². The molecule has 142 valence electrons. The van der Waals surface area contributed by atoms with Crippen LogP contribution in [0.1, 0.15) is 31.0 Å². The van der Waals surface area contributed by atoms with Gasteiger partial charge in [0.15, 0.2) is 0 Å². The predicted molar refractivity (Wildman–Crippen MR) is 110 cm³/mol. The highest BCUT2D eigenvalue weighted by molar-refractivity contribution is 5.61. The number of benzene rings is 1. The molecule has 1 unspecified atom stereocenters. The lowest BCUT2D eigenvalue weighted by molar-refractivity contribution is 0.213. The first-order valence-electron chi connectivity index (χ1n) is 9.65. The van der Waals surface area contributed by atoms with Gasteiger partial charge in [0.1, 0.15) is 0 Å². The number of hydrogen-bond donors (Lipinski definition) is 1. The maximum atomic E-state index is 4.64. The Morgan fingerprint density at radius 2 is 1.74 bits per heavy atom. The highest BCUT2D eigenvalue weighted by Crippen LogP contribution is 2.22. The molecule has 0 saturated carbocycles. The molecule has 1 atom stereocenters. The number of pyridine rings is 1. The molecule has 3 rings (SSSR count). The van der Waals surface area contributed by atoms with Crippen LogP contribution in [0, 0.1) is 0 Å². The predicted octanol–water partition coefficient (Wildman–Crippen LogP) is 3.65. The summed E-state index contributed by atoms with van der Waals surface area (Å²) in [5, 5.41) is 8.30. The van der Waals surface area contributed by atoms with E-state index in [-0.39, 0.29) is 0 Å². The molecule has 2 aromatic heterocycles. The minimum atomic E-state index is 0.363. The van der Waals surface area contributed by atoms with Gasteiger partial charge in [-0.05, 0) is 30.8 Å². The summed E-state index contributed by atoms with van der Waals surface area (Å²) in [6.45, 7) is 8.20. The maximum absolute atomic E-state index is 4.64. The fourth-order valence-electron chi connectivity index (χ4n) is 3.56. The van der Waals surface area contributed by atoms with E-state index < -0.39 is 0 Å². The van der Waals surface area contributed by atoms with Crippen LogP contribution in [0.5, 0.6) is 0 Å². The van der Waals surface area contributed by atoms with Gasteiger partial charge in [-0.1, -0.05) is 44.2 Å². The number of nitrogens with zero attached hydrogens (tertiary/aromatic N) is 4. The molecular formula is C22H29N5. The van der Waals surface area contributed by atoms with E-state index in [0.29, 0.717) is 6.04 Å². The van der Waals surface area contributed by atoms with Crippen LogP contribution in [0.15, 0.2) is 61.1 Å². The van der Waals surface area contributed by atoms with Gasteiger partial charge in [0.2, 0.25) is 0 Å². The molecule has 0 aliphatic carbocycles. The summed E-state index contributed by atoms with van der Waals surface area (Å²) >= 11 is 0. The second-order valence-electron chi connectivity index (χ2n) is 6.69. The standard InChI is InChI=1S/C22H29N5/c1-4-27(5-2)21(18-9-7-6-8-10-18)16-24-15-20-17-26(3)25-22(20)19-11-13-23-14-12-19/h6-14,17,21,24H,4-5,15-16H2,1-3H3. The molecule has 0 radical (unpaired) electrons. The van der Waals surface area contributed by atoms with Crippen LogP contribution < -0.4 is 5.32 Å². The van der Waals surface area contributed by atoms with E-state index >= 15 is 0 Å². The summed E-state index contributed by atoms with van der Waals surface area (Å²) in [6, 6.07) is 15.1. The zero-order valence-corrected chi connectivity index (χ0v) is 16.5. The molecule has 1 aromatic carbocycles. The third-order valence-electron chi connectivity index (χ3n) is 4.95. The Morgan fingerprint density at radius 3 is 2.41 bits per heavy atom. The van der Waals surface area contributed by atoms with Gasteiger partial charge >= 0.3 is 0 Å². The van der Waals surface area contributed by atoms with Crippen LogP contribution in [-0.2, 0) is 13.6 Å². The smallest absolute Gasteiger partial charge is 0.0969 e. The highest BCUT2D eigenvalue weighted by atomic mass is 15.3. The number of rotatable bonds is 9. The molecule has 5 heteroatoms. The topological polar surface area (TPSA) is 46.0 Å². The molecule has 0 saturated heterocycles.